The lowest BCUT2D eigenvalue weighted by Gasteiger charge is -2.34. The predicted octanol–water partition coefficient (Wildman–Crippen LogP) is 2.03. The number of piperidine rings is 2. The maximum Gasteiger partial charge on any atom is 0.393 e. The molecule has 1 unspecified atom stereocenters. The van der Waals surface area contributed by atoms with Crippen LogP contribution in [-0.4, -0.2) is 56.5 Å². The molecule has 0 aromatic rings. The van der Waals surface area contributed by atoms with Gasteiger partial charge in [0.2, 0.25) is 0 Å². The van der Waals surface area contributed by atoms with Crippen molar-refractivity contribution in [3.05, 3.63) is 0 Å². The van der Waals surface area contributed by atoms with Gasteiger partial charge in [-0.05, 0) is 45.3 Å². The monoisotopic (exact) mass is 280 g/mol. The molecule has 2 heterocycles. The van der Waals surface area contributed by atoms with E-state index in [0.29, 0.717) is 19.6 Å². The summed E-state index contributed by atoms with van der Waals surface area (Å²) in [5.41, 5.74) is 0. The van der Waals surface area contributed by atoms with Gasteiger partial charge >= 0.3 is 6.18 Å². The van der Waals surface area contributed by atoms with Crippen LogP contribution >= 0.6 is 0 Å². The standard InChI is InChI=1S/C13H23F3N2O/c14-13(15,16)11-2-1-7-18(10-11)8-9-19-12-3-5-17-6-4-12/h11-12,17H,1-10H2. The Labute approximate surface area is 112 Å². The fraction of sp³-hybridized carbons (Fsp3) is 1.00. The third kappa shape index (κ3) is 4.93. The van der Waals surface area contributed by atoms with E-state index in [1.54, 1.807) is 0 Å². The van der Waals surface area contributed by atoms with E-state index in [4.69, 9.17) is 4.74 Å². The zero-order valence-corrected chi connectivity index (χ0v) is 11.2. The minimum Gasteiger partial charge on any atom is -0.377 e. The van der Waals surface area contributed by atoms with Crippen LogP contribution in [0, 0.1) is 5.92 Å². The molecular formula is C13H23F3N2O. The highest BCUT2D eigenvalue weighted by molar-refractivity contribution is 4.78. The van der Waals surface area contributed by atoms with Crippen molar-refractivity contribution in [2.45, 2.75) is 38.0 Å². The highest BCUT2D eigenvalue weighted by Crippen LogP contribution is 2.32. The summed E-state index contributed by atoms with van der Waals surface area (Å²) in [7, 11) is 0. The summed E-state index contributed by atoms with van der Waals surface area (Å²) in [5, 5.41) is 3.26. The van der Waals surface area contributed by atoms with Gasteiger partial charge in [-0.25, -0.2) is 0 Å². The van der Waals surface area contributed by atoms with Gasteiger partial charge in [0.1, 0.15) is 0 Å². The normalized spacial score (nSPS) is 27.6. The number of halogens is 3. The number of likely N-dealkylation sites (tertiary alicyclic amines) is 1. The van der Waals surface area contributed by atoms with E-state index in [0.717, 1.165) is 32.5 Å². The van der Waals surface area contributed by atoms with Crippen LogP contribution in [-0.2, 0) is 4.74 Å². The first-order chi connectivity index (χ1) is 9.05. The first kappa shape index (κ1) is 15.1. The highest BCUT2D eigenvalue weighted by Gasteiger charge is 2.41. The van der Waals surface area contributed by atoms with Crippen molar-refractivity contribution in [3.8, 4) is 0 Å². The van der Waals surface area contributed by atoms with Crippen LogP contribution in [0.25, 0.3) is 0 Å². The van der Waals surface area contributed by atoms with Crippen molar-refractivity contribution in [2.24, 2.45) is 5.92 Å². The summed E-state index contributed by atoms with van der Waals surface area (Å²) >= 11 is 0. The molecule has 0 bridgehead atoms. The highest BCUT2D eigenvalue weighted by atomic mass is 19.4. The Morgan fingerprint density at radius 3 is 2.58 bits per heavy atom. The van der Waals surface area contributed by atoms with Gasteiger partial charge in [-0.2, -0.15) is 13.2 Å². The van der Waals surface area contributed by atoms with Gasteiger partial charge in [-0.3, -0.25) is 0 Å². The van der Waals surface area contributed by atoms with Crippen molar-refractivity contribution in [1.82, 2.24) is 10.2 Å². The quantitative estimate of drug-likeness (QED) is 0.853. The Bertz CT molecular complexity index is 267. The van der Waals surface area contributed by atoms with Gasteiger partial charge in [0.25, 0.3) is 0 Å². The first-order valence-electron chi connectivity index (χ1n) is 7.17. The van der Waals surface area contributed by atoms with E-state index in [2.05, 4.69) is 5.32 Å². The molecule has 0 aromatic heterocycles. The number of hydrogen-bond acceptors (Lipinski definition) is 3. The fourth-order valence-corrected chi connectivity index (χ4v) is 2.84. The largest absolute Gasteiger partial charge is 0.393 e. The molecule has 1 N–H and O–H groups in total. The van der Waals surface area contributed by atoms with Crippen molar-refractivity contribution in [1.29, 1.82) is 0 Å². The molecule has 2 fully saturated rings. The Balaban J connectivity index is 1.65. The molecule has 1 atom stereocenters. The maximum absolute atomic E-state index is 12.7. The number of rotatable bonds is 4. The number of ether oxygens (including phenoxy) is 1. The second kappa shape index (κ2) is 6.90. The van der Waals surface area contributed by atoms with Gasteiger partial charge in [-0.1, -0.05) is 0 Å². The van der Waals surface area contributed by atoms with Crippen molar-refractivity contribution in [2.75, 3.05) is 39.3 Å². The number of nitrogens with zero attached hydrogens (tertiary/aromatic N) is 1. The summed E-state index contributed by atoms with van der Waals surface area (Å²) < 4.78 is 43.7. The smallest absolute Gasteiger partial charge is 0.377 e. The van der Waals surface area contributed by atoms with Crippen LogP contribution in [0.2, 0.25) is 0 Å². The third-order valence-electron chi connectivity index (χ3n) is 4.02. The summed E-state index contributed by atoms with van der Waals surface area (Å²) in [4.78, 5) is 1.89. The Hall–Kier alpha value is -0.330. The molecule has 19 heavy (non-hydrogen) atoms. The Kier molecular flexibility index (Phi) is 5.47. The molecule has 2 saturated heterocycles. The van der Waals surface area contributed by atoms with Crippen molar-refractivity contribution in [3.63, 3.8) is 0 Å². The molecule has 112 valence electrons. The minimum absolute atomic E-state index is 0.138. The Morgan fingerprint density at radius 2 is 1.89 bits per heavy atom. The van der Waals surface area contributed by atoms with Crippen LogP contribution in [0.3, 0.4) is 0 Å². The van der Waals surface area contributed by atoms with Crippen LogP contribution < -0.4 is 5.32 Å². The van der Waals surface area contributed by atoms with E-state index in [9.17, 15) is 13.2 Å². The van der Waals surface area contributed by atoms with Crippen LogP contribution in [0.1, 0.15) is 25.7 Å². The second-order valence-electron chi connectivity index (χ2n) is 5.50. The van der Waals surface area contributed by atoms with Gasteiger partial charge in [-0.15, -0.1) is 0 Å². The van der Waals surface area contributed by atoms with E-state index in [1.807, 2.05) is 4.90 Å². The Morgan fingerprint density at radius 1 is 1.16 bits per heavy atom. The molecule has 0 aliphatic carbocycles. The topological polar surface area (TPSA) is 24.5 Å². The first-order valence-corrected chi connectivity index (χ1v) is 7.17. The molecule has 6 heteroatoms. The molecule has 0 spiro atoms. The van der Waals surface area contributed by atoms with E-state index in [-0.39, 0.29) is 19.1 Å². The van der Waals surface area contributed by atoms with Gasteiger partial charge in [0.15, 0.2) is 0 Å². The zero-order valence-electron chi connectivity index (χ0n) is 11.2. The van der Waals surface area contributed by atoms with Gasteiger partial charge < -0.3 is 15.0 Å². The fourth-order valence-electron chi connectivity index (χ4n) is 2.84. The molecule has 3 nitrogen and oxygen atoms in total. The molecule has 0 amide bonds. The lowest BCUT2D eigenvalue weighted by atomic mass is 9.97. The molecule has 0 radical (unpaired) electrons. The third-order valence-corrected chi connectivity index (χ3v) is 4.02. The summed E-state index contributed by atoms with van der Waals surface area (Å²) in [6.07, 6.45) is -0.845. The summed E-state index contributed by atoms with van der Waals surface area (Å²) in [6.45, 7) is 4.03. The van der Waals surface area contributed by atoms with Crippen LogP contribution in [0.15, 0.2) is 0 Å². The predicted molar refractivity (Wildman–Crippen MR) is 67.1 cm³/mol. The van der Waals surface area contributed by atoms with E-state index < -0.39 is 12.1 Å². The summed E-state index contributed by atoms with van der Waals surface area (Å²) in [6, 6.07) is 0. The van der Waals surface area contributed by atoms with Crippen molar-refractivity contribution >= 4 is 0 Å². The lowest BCUT2D eigenvalue weighted by molar-refractivity contribution is -0.187. The van der Waals surface area contributed by atoms with Gasteiger partial charge in [0.05, 0.1) is 18.6 Å². The molecule has 2 aliphatic heterocycles. The minimum atomic E-state index is -4.05. The van der Waals surface area contributed by atoms with Gasteiger partial charge in [0, 0.05) is 13.1 Å². The average Bonchev–Trinajstić information content (AvgIpc) is 2.39. The second-order valence-corrected chi connectivity index (χ2v) is 5.50. The number of nitrogens with one attached hydrogen (secondary N) is 1. The van der Waals surface area contributed by atoms with E-state index >= 15 is 0 Å². The molecule has 2 rings (SSSR count). The van der Waals surface area contributed by atoms with Crippen molar-refractivity contribution < 1.29 is 17.9 Å². The SMILES string of the molecule is FC(F)(F)C1CCCN(CCOC2CCNCC2)C1. The summed E-state index contributed by atoms with van der Waals surface area (Å²) in [5.74, 6) is -1.15. The molecule has 0 saturated carbocycles. The zero-order chi connectivity index (χ0) is 13.7. The molecule has 2 aliphatic rings. The lowest BCUT2D eigenvalue weighted by Crippen LogP contribution is -2.43. The van der Waals surface area contributed by atoms with Crippen LogP contribution in [0.5, 0.6) is 0 Å². The number of alkyl halides is 3. The van der Waals surface area contributed by atoms with Crippen LogP contribution in [0.4, 0.5) is 13.2 Å². The average molecular weight is 280 g/mol. The van der Waals surface area contributed by atoms with E-state index in [1.165, 1.54) is 0 Å². The maximum atomic E-state index is 12.7. The number of hydrogen-bond donors (Lipinski definition) is 1. The molecular weight excluding hydrogens is 257 g/mol. The molecule has 0 aromatic carbocycles.